The molecule has 2 aromatic carbocycles. The lowest BCUT2D eigenvalue weighted by Crippen LogP contribution is -2.16. The van der Waals surface area contributed by atoms with E-state index in [-0.39, 0.29) is 4.90 Å². The number of aryl methyl sites for hydroxylation is 1. The monoisotopic (exact) mass is 325 g/mol. The molecule has 0 aromatic heterocycles. The average Bonchev–Trinajstić information content (AvgIpc) is 2.41. The van der Waals surface area contributed by atoms with Crippen LogP contribution >= 0.6 is 11.6 Å². The Balaban J connectivity index is 2.45. The zero-order valence-corrected chi connectivity index (χ0v) is 13.2. The molecule has 21 heavy (non-hydrogen) atoms. The summed E-state index contributed by atoms with van der Waals surface area (Å²) >= 11 is 5.88. The number of benzene rings is 2. The van der Waals surface area contributed by atoms with Gasteiger partial charge >= 0.3 is 0 Å². The van der Waals surface area contributed by atoms with Gasteiger partial charge in [0, 0.05) is 10.6 Å². The lowest BCUT2D eigenvalue weighted by molar-refractivity contribution is 0.200. The summed E-state index contributed by atoms with van der Waals surface area (Å²) in [5.74, 6) is 0. The molecule has 2 rings (SSSR count). The number of para-hydroxylation sites is 1. The molecule has 0 aliphatic carbocycles. The van der Waals surface area contributed by atoms with Crippen LogP contribution in [-0.4, -0.2) is 13.5 Å². The smallest absolute Gasteiger partial charge is 0.262 e. The van der Waals surface area contributed by atoms with Crippen molar-refractivity contribution in [2.24, 2.45) is 0 Å². The Morgan fingerprint density at radius 3 is 2.52 bits per heavy atom. The van der Waals surface area contributed by atoms with Crippen LogP contribution < -0.4 is 4.72 Å². The molecule has 0 spiro atoms. The van der Waals surface area contributed by atoms with Gasteiger partial charge in [0.05, 0.1) is 16.7 Å². The van der Waals surface area contributed by atoms with Gasteiger partial charge in [0.25, 0.3) is 10.0 Å². The first-order valence-electron chi connectivity index (χ1n) is 6.37. The summed E-state index contributed by atoms with van der Waals surface area (Å²) in [6.45, 7) is 3.28. The van der Waals surface area contributed by atoms with Gasteiger partial charge < -0.3 is 5.11 Å². The number of hydrogen-bond acceptors (Lipinski definition) is 3. The third-order valence-corrected chi connectivity index (χ3v) is 4.84. The Hall–Kier alpha value is -1.56. The molecule has 0 heterocycles. The third-order valence-electron chi connectivity index (χ3n) is 3.09. The molecule has 0 fully saturated rings. The first kappa shape index (κ1) is 15.8. The van der Waals surface area contributed by atoms with Crippen molar-refractivity contribution in [1.82, 2.24) is 0 Å². The fourth-order valence-corrected chi connectivity index (χ4v) is 3.61. The van der Waals surface area contributed by atoms with Crippen LogP contribution in [0.3, 0.4) is 0 Å². The van der Waals surface area contributed by atoms with Gasteiger partial charge in [-0.05, 0) is 37.6 Å². The van der Waals surface area contributed by atoms with E-state index >= 15 is 0 Å². The van der Waals surface area contributed by atoms with Crippen molar-refractivity contribution in [2.75, 3.05) is 4.72 Å². The normalized spacial score (nSPS) is 13.0. The molecule has 0 bridgehead atoms. The van der Waals surface area contributed by atoms with E-state index in [0.717, 1.165) is 0 Å². The molecular weight excluding hydrogens is 310 g/mol. The molecular formula is C15H16ClNO3S. The number of aliphatic hydroxyl groups excluding tert-OH is 1. The zero-order chi connectivity index (χ0) is 15.6. The fourth-order valence-electron chi connectivity index (χ4n) is 2.02. The summed E-state index contributed by atoms with van der Waals surface area (Å²) in [7, 11) is -3.77. The number of sulfonamides is 1. The average molecular weight is 326 g/mol. The van der Waals surface area contributed by atoms with Crippen LogP contribution in [0.15, 0.2) is 47.4 Å². The van der Waals surface area contributed by atoms with Crippen LogP contribution in [-0.2, 0) is 10.0 Å². The highest BCUT2D eigenvalue weighted by atomic mass is 35.5. The minimum atomic E-state index is -3.77. The summed E-state index contributed by atoms with van der Waals surface area (Å²) in [5.41, 5.74) is 1.47. The van der Waals surface area contributed by atoms with Gasteiger partial charge in [-0.25, -0.2) is 8.42 Å². The number of rotatable bonds is 4. The first-order chi connectivity index (χ1) is 9.81. The maximum atomic E-state index is 12.5. The van der Waals surface area contributed by atoms with Crippen LogP contribution in [0.2, 0.25) is 5.02 Å². The van der Waals surface area contributed by atoms with Gasteiger partial charge in [0.2, 0.25) is 0 Å². The van der Waals surface area contributed by atoms with Crippen molar-refractivity contribution in [3.05, 3.63) is 58.6 Å². The predicted molar refractivity (Wildman–Crippen MR) is 84.1 cm³/mol. The van der Waals surface area contributed by atoms with E-state index in [0.29, 0.717) is 21.8 Å². The van der Waals surface area contributed by atoms with E-state index < -0.39 is 16.1 Å². The Labute approximate surface area is 129 Å². The summed E-state index contributed by atoms with van der Waals surface area (Å²) in [6, 6.07) is 11.4. The van der Waals surface area contributed by atoms with Crippen molar-refractivity contribution in [2.45, 2.75) is 24.8 Å². The number of anilines is 1. The summed E-state index contributed by atoms with van der Waals surface area (Å²) in [4.78, 5) is 0.121. The quantitative estimate of drug-likeness (QED) is 0.904. The topological polar surface area (TPSA) is 66.4 Å². The maximum Gasteiger partial charge on any atom is 0.262 e. The van der Waals surface area contributed by atoms with Gasteiger partial charge in [-0.15, -0.1) is 0 Å². The first-order valence-corrected chi connectivity index (χ1v) is 8.23. The molecule has 1 unspecified atom stereocenters. The summed E-state index contributed by atoms with van der Waals surface area (Å²) in [5, 5.41) is 10.1. The number of nitrogens with one attached hydrogen (secondary N) is 1. The van der Waals surface area contributed by atoms with Crippen molar-refractivity contribution < 1.29 is 13.5 Å². The lowest BCUT2D eigenvalue weighted by Gasteiger charge is -2.15. The SMILES string of the molecule is Cc1ccc(Cl)cc1S(=O)(=O)Nc1ccccc1C(C)O. The molecule has 0 saturated carbocycles. The van der Waals surface area contributed by atoms with Crippen LogP contribution in [0.1, 0.15) is 24.2 Å². The minimum absolute atomic E-state index is 0.121. The van der Waals surface area contributed by atoms with E-state index in [1.54, 1.807) is 50.2 Å². The van der Waals surface area contributed by atoms with Crippen molar-refractivity contribution in [3.8, 4) is 0 Å². The molecule has 2 aromatic rings. The molecule has 0 aliphatic heterocycles. The van der Waals surface area contributed by atoms with Crippen molar-refractivity contribution in [1.29, 1.82) is 0 Å². The zero-order valence-electron chi connectivity index (χ0n) is 11.7. The van der Waals surface area contributed by atoms with E-state index in [9.17, 15) is 13.5 Å². The molecule has 2 N–H and O–H groups in total. The van der Waals surface area contributed by atoms with Crippen LogP contribution in [0.4, 0.5) is 5.69 Å². The van der Waals surface area contributed by atoms with Gasteiger partial charge in [-0.2, -0.15) is 0 Å². The lowest BCUT2D eigenvalue weighted by atomic mass is 10.1. The molecule has 1 atom stereocenters. The highest BCUT2D eigenvalue weighted by Gasteiger charge is 2.19. The maximum absolute atomic E-state index is 12.5. The second-order valence-electron chi connectivity index (χ2n) is 4.78. The van der Waals surface area contributed by atoms with E-state index in [2.05, 4.69) is 4.72 Å². The van der Waals surface area contributed by atoms with E-state index in [1.807, 2.05) is 0 Å². The van der Waals surface area contributed by atoms with Gasteiger partial charge in [-0.3, -0.25) is 4.72 Å². The van der Waals surface area contributed by atoms with Crippen LogP contribution in [0, 0.1) is 6.92 Å². The third kappa shape index (κ3) is 3.56. The molecule has 112 valence electrons. The highest BCUT2D eigenvalue weighted by molar-refractivity contribution is 7.92. The second kappa shape index (κ2) is 6.05. The van der Waals surface area contributed by atoms with Crippen molar-refractivity contribution >= 4 is 27.3 Å². The molecule has 0 aliphatic rings. The summed E-state index contributed by atoms with van der Waals surface area (Å²) < 4.78 is 27.5. The Kier molecular flexibility index (Phi) is 4.56. The molecule has 0 radical (unpaired) electrons. The molecule has 0 saturated heterocycles. The predicted octanol–water partition coefficient (Wildman–Crippen LogP) is 3.50. The van der Waals surface area contributed by atoms with Crippen molar-refractivity contribution in [3.63, 3.8) is 0 Å². The largest absolute Gasteiger partial charge is 0.389 e. The molecule has 4 nitrogen and oxygen atoms in total. The fraction of sp³-hybridized carbons (Fsp3) is 0.200. The Morgan fingerprint density at radius 1 is 1.19 bits per heavy atom. The van der Waals surface area contributed by atoms with Gasteiger partial charge in [-0.1, -0.05) is 35.9 Å². The molecule has 0 amide bonds. The highest BCUT2D eigenvalue weighted by Crippen LogP contribution is 2.27. The van der Waals surface area contributed by atoms with Crippen LogP contribution in [0.5, 0.6) is 0 Å². The number of hydrogen-bond donors (Lipinski definition) is 2. The van der Waals surface area contributed by atoms with Crippen LogP contribution in [0.25, 0.3) is 0 Å². The Bertz CT molecular complexity index is 757. The minimum Gasteiger partial charge on any atom is -0.389 e. The number of halogens is 1. The summed E-state index contributed by atoms with van der Waals surface area (Å²) in [6.07, 6.45) is -0.774. The van der Waals surface area contributed by atoms with Gasteiger partial charge in [0.15, 0.2) is 0 Å². The Morgan fingerprint density at radius 2 is 1.86 bits per heavy atom. The van der Waals surface area contributed by atoms with Gasteiger partial charge in [0.1, 0.15) is 0 Å². The van der Waals surface area contributed by atoms with E-state index in [1.165, 1.54) is 6.07 Å². The molecule has 6 heteroatoms. The standard InChI is InChI=1S/C15H16ClNO3S/c1-10-7-8-12(16)9-15(10)21(19,20)17-14-6-4-3-5-13(14)11(2)18/h3-9,11,17-18H,1-2H3. The van der Waals surface area contributed by atoms with E-state index in [4.69, 9.17) is 11.6 Å². The second-order valence-corrected chi connectivity index (χ2v) is 6.87. The number of aliphatic hydroxyl groups is 1.